The number of carbonyl (C=O) groups is 2. The molecule has 7 heteroatoms. The van der Waals surface area contributed by atoms with Crippen molar-refractivity contribution in [3.05, 3.63) is 35.4 Å². The molecule has 1 aliphatic heterocycles. The fourth-order valence-corrected chi connectivity index (χ4v) is 2.99. The fourth-order valence-electron chi connectivity index (χ4n) is 2.99. The average molecular weight is 329 g/mol. The second-order valence-electron chi connectivity index (χ2n) is 6.14. The van der Waals surface area contributed by atoms with Crippen LogP contribution in [0.4, 0.5) is 13.2 Å². The molecule has 0 aromatic heterocycles. The largest absolute Gasteiger partial charge is 0.481 e. The first-order chi connectivity index (χ1) is 10.6. The van der Waals surface area contributed by atoms with Crippen LogP contribution in [0.1, 0.15) is 36.2 Å². The SMILES string of the molecule is CC(C)C1(C(=O)O)CCN(C(=O)c2ccccc2C(F)(F)F)C1. The lowest BCUT2D eigenvalue weighted by molar-refractivity contribution is -0.150. The Kier molecular flexibility index (Phi) is 4.41. The first-order valence-corrected chi connectivity index (χ1v) is 7.28. The zero-order chi connectivity index (χ0) is 17.4. The molecular formula is C16H18F3NO3. The van der Waals surface area contributed by atoms with E-state index >= 15 is 0 Å². The van der Waals surface area contributed by atoms with Crippen LogP contribution in [0, 0.1) is 11.3 Å². The van der Waals surface area contributed by atoms with E-state index in [1.54, 1.807) is 13.8 Å². The van der Waals surface area contributed by atoms with Gasteiger partial charge in [-0.15, -0.1) is 0 Å². The van der Waals surface area contributed by atoms with Crippen molar-refractivity contribution in [2.75, 3.05) is 13.1 Å². The highest BCUT2D eigenvalue weighted by molar-refractivity contribution is 5.96. The molecule has 1 aliphatic rings. The molecule has 1 saturated heterocycles. The lowest BCUT2D eigenvalue weighted by Gasteiger charge is -2.28. The Balaban J connectivity index is 2.32. The number of nitrogens with zero attached hydrogens (tertiary/aromatic N) is 1. The number of amides is 1. The van der Waals surface area contributed by atoms with Crippen LogP contribution in [0.5, 0.6) is 0 Å². The van der Waals surface area contributed by atoms with Gasteiger partial charge in [-0.3, -0.25) is 9.59 Å². The average Bonchev–Trinajstić information content (AvgIpc) is 2.92. The lowest BCUT2D eigenvalue weighted by atomic mass is 9.76. The van der Waals surface area contributed by atoms with Gasteiger partial charge >= 0.3 is 12.1 Å². The van der Waals surface area contributed by atoms with E-state index in [-0.39, 0.29) is 25.4 Å². The first kappa shape index (κ1) is 17.3. The van der Waals surface area contributed by atoms with Gasteiger partial charge in [0.05, 0.1) is 16.5 Å². The van der Waals surface area contributed by atoms with Gasteiger partial charge in [-0.25, -0.2) is 0 Å². The van der Waals surface area contributed by atoms with Crippen molar-refractivity contribution in [1.82, 2.24) is 4.90 Å². The van der Waals surface area contributed by atoms with E-state index in [0.717, 1.165) is 12.1 Å². The van der Waals surface area contributed by atoms with Crippen molar-refractivity contribution in [3.8, 4) is 0 Å². The van der Waals surface area contributed by atoms with Gasteiger partial charge in [-0.2, -0.15) is 13.2 Å². The van der Waals surface area contributed by atoms with Crippen LogP contribution >= 0.6 is 0 Å². The predicted octanol–water partition coefficient (Wildman–Crippen LogP) is 3.28. The molecule has 1 fully saturated rings. The summed E-state index contributed by atoms with van der Waals surface area (Å²) in [4.78, 5) is 25.3. The summed E-state index contributed by atoms with van der Waals surface area (Å²) in [6.07, 6.45) is -4.40. The molecule has 126 valence electrons. The molecule has 2 rings (SSSR count). The number of aliphatic carboxylic acids is 1. The van der Waals surface area contributed by atoms with Crippen molar-refractivity contribution in [1.29, 1.82) is 0 Å². The summed E-state index contributed by atoms with van der Waals surface area (Å²) < 4.78 is 39.1. The zero-order valence-electron chi connectivity index (χ0n) is 12.9. The molecule has 0 saturated carbocycles. The molecule has 0 bridgehead atoms. The number of rotatable bonds is 3. The van der Waals surface area contributed by atoms with Gasteiger partial charge in [0.1, 0.15) is 0 Å². The number of hydrogen-bond acceptors (Lipinski definition) is 2. The van der Waals surface area contributed by atoms with Crippen LogP contribution in [-0.2, 0) is 11.0 Å². The van der Waals surface area contributed by atoms with Crippen molar-refractivity contribution < 1.29 is 27.9 Å². The maximum Gasteiger partial charge on any atom is 0.417 e. The zero-order valence-corrected chi connectivity index (χ0v) is 12.9. The minimum atomic E-state index is -4.63. The highest BCUT2D eigenvalue weighted by Crippen LogP contribution is 2.39. The smallest absolute Gasteiger partial charge is 0.417 e. The molecule has 0 spiro atoms. The summed E-state index contributed by atoms with van der Waals surface area (Å²) in [5, 5.41) is 9.47. The van der Waals surface area contributed by atoms with E-state index in [2.05, 4.69) is 0 Å². The minimum Gasteiger partial charge on any atom is -0.481 e. The molecule has 4 nitrogen and oxygen atoms in total. The third-order valence-electron chi connectivity index (χ3n) is 4.58. The molecule has 1 heterocycles. The number of likely N-dealkylation sites (tertiary alicyclic amines) is 1. The molecule has 1 atom stereocenters. The number of carboxylic acids is 1. The topological polar surface area (TPSA) is 57.6 Å². The van der Waals surface area contributed by atoms with Gasteiger partial charge in [0.15, 0.2) is 0 Å². The first-order valence-electron chi connectivity index (χ1n) is 7.28. The van der Waals surface area contributed by atoms with E-state index in [0.29, 0.717) is 0 Å². The molecule has 1 amide bonds. The van der Waals surface area contributed by atoms with E-state index in [1.807, 2.05) is 0 Å². The Morgan fingerprint density at radius 2 is 1.87 bits per heavy atom. The summed E-state index contributed by atoms with van der Waals surface area (Å²) in [7, 11) is 0. The van der Waals surface area contributed by atoms with Crippen LogP contribution in [0.25, 0.3) is 0 Å². The van der Waals surface area contributed by atoms with Crippen molar-refractivity contribution in [2.24, 2.45) is 11.3 Å². The lowest BCUT2D eigenvalue weighted by Crippen LogP contribution is -2.40. The summed E-state index contributed by atoms with van der Waals surface area (Å²) in [5.74, 6) is -2.02. The summed E-state index contributed by atoms with van der Waals surface area (Å²) in [5.41, 5.74) is -2.55. The predicted molar refractivity (Wildman–Crippen MR) is 76.9 cm³/mol. The van der Waals surface area contributed by atoms with Gasteiger partial charge in [-0.1, -0.05) is 26.0 Å². The van der Waals surface area contributed by atoms with Crippen LogP contribution < -0.4 is 0 Å². The minimum absolute atomic E-state index is 0.0783. The van der Waals surface area contributed by atoms with Gasteiger partial charge in [0.2, 0.25) is 0 Å². The Morgan fingerprint density at radius 3 is 2.35 bits per heavy atom. The van der Waals surface area contributed by atoms with Crippen LogP contribution in [-0.4, -0.2) is 35.0 Å². The molecule has 1 aromatic rings. The molecule has 1 unspecified atom stereocenters. The van der Waals surface area contributed by atoms with Crippen LogP contribution in [0.3, 0.4) is 0 Å². The standard InChI is InChI=1S/C16H18F3NO3/c1-10(2)15(14(22)23)7-8-20(9-15)13(21)11-5-3-4-6-12(11)16(17,18)19/h3-6,10H,7-9H2,1-2H3,(H,22,23). The number of halogens is 3. The van der Waals surface area contributed by atoms with Gasteiger partial charge < -0.3 is 10.0 Å². The Morgan fingerprint density at radius 1 is 1.26 bits per heavy atom. The maximum atomic E-state index is 13.0. The summed E-state index contributed by atoms with van der Waals surface area (Å²) >= 11 is 0. The van der Waals surface area contributed by atoms with Crippen molar-refractivity contribution in [3.63, 3.8) is 0 Å². The quantitative estimate of drug-likeness (QED) is 0.926. The molecular weight excluding hydrogens is 311 g/mol. The van der Waals surface area contributed by atoms with Crippen molar-refractivity contribution >= 4 is 11.9 Å². The van der Waals surface area contributed by atoms with E-state index < -0.39 is 34.6 Å². The summed E-state index contributed by atoms with van der Waals surface area (Å²) in [6, 6.07) is 4.57. The molecule has 0 aliphatic carbocycles. The van der Waals surface area contributed by atoms with E-state index in [9.17, 15) is 27.9 Å². The fraction of sp³-hybridized carbons (Fsp3) is 0.500. The number of hydrogen-bond donors (Lipinski definition) is 1. The Bertz CT molecular complexity index is 627. The number of benzene rings is 1. The Hall–Kier alpha value is -2.05. The van der Waals surface area contributed by atoms with Crippen molar-refractivity contribution in [2.45, 2.75) is 26.4 Å². The van der Waals surface area contributed by atoms with Crippen LogP contribution in [0.2, 0.25) is 0 Å². The highest BCUT2D eigenvalue weighted by atomic mass is 19.4. The number of carboxylic acid groups (broad SMARTS) is 1. The molecule has 0 radical (unpaired) electrons. The van der Waals surface area contributed by atoms with E-state index in [1.165, 1.54) is 17.0 Å². The van der Waals surface area contributed by atoms with Gasteiger partial charge in [0, 0.05) is 13.1 Å². The molecule has 23 heavy (non-hydrogen) atoms. The Labute approximate surface area is 131 Å². The normalized spacial score (nSPS) is 21.7. The monoisotopic (exact) mass is 329 g/mol. The maximum absolute atomic E-state index is 13.0. The third-order valence-corrected chi connectivity index (χ3v) is 4.58. The van der Waals surface area contributed by atoms with Gasteiger partial charge in [-0.05, 0) is 24.5 Å². The molecule has 1 aromatic carbocycles. The number of alkyl halides is 3. The van der Waals surface area contributed by atoms with Crippen LogP contribution in [0.15, 0.2) is 24.3 Å². The number of carbonyl (C=O) groups excluding carboxylic acids is 1. The second-order valence-corrected chi connectivity index (χ2v) is 6.14. The second kappa shape index (κ2) is 5.86. The summed E-state index contributed by atoms with van der Waals surface area (Å²) in [6.45, 7) is 3.54. The van der Waals surface area contributed by atoms with Gasteiger partial charge in [0.25, 0.3) is 5.91 Å². The van der Waals surface area contributed by atoms with E-state index in [4.69, 9.17) is 0 Å². The molecule has 1 N–H and O–H groups in total. The third kappa shape index (κ3) is 3.04. The highest BCUT2D eigenvalue weighted by Gasteiger charge is 2.49.